The van der Waals surface area contributed by atoms with Gasteiger partial charge in [-0.3, -0.25) is 19.8 Å². The van der Waals surface area contributed by atoms with Gasteiger partial charge in [0.1, 0.15) is 0 Å². The smallest absolute Gasteiger partial charge is 0.259 e. The van der Waals surface area contributed by atoms with E-state index < -0.39 is 0 Å². The molecule has 10 heteroatoms. The van der Waals surface area contributed by atoms with Crippen LogP contribution < -0.4 is 5.32 Å². The number of aromatic nitrogens is 2. The minimum Gasteiger partial charge on any atom is -0.379 e. The van der Waals surface area contributed by atoms with Gasteiger partial charge in [0.15, 0.2) is 0 Å². The Balaban J connectivity index is 1.50. The van der Waals surface area contributed by atoms with Gasteiger partial charge in [-0.25, -0.2) is 0 Å². The van der Waals surface area contributed by atoms with Gasteiger partial charge in [-0.2, -0.15) is 0 Å². The molecule has 6 rings (SSSR count). The van der Waals surface area contributed by atoms with Crippen molar-refractivity contribution in [2.24, 2.45) is 0 Å². The number of fused-ring (bicyclic) bond motifs is 2. The van der Waals surface area contributed by atoms with Crippen molar-refractivity contribution in [2.45, 2.75) is 22.8 Å². The van der Waals surface area contributed by atoms with Crippen molar-refractivity contribution in [1.82, 2.24) is 19.8 Å². The van der Waals surface area contributed by atoms with E-state index in [0.717, 1.165) is 92.2 Å². The van der Waals surface area contributed by atoms with Gasteiger partial charge in [-0.15, -0.1) is 23.5 Å². The molecule has 2 aliphatic rings. The number of amides is 2. The number of carbonyl (C=O) groups is 2. The van der Waals surface area contributed by atoms with E-state index in [4.69, 9.17) is 4.74 Å². The Morgan fingerprint density at radius 2 is 1.62 bits per heavy atom. The van der Waals surface area contributed by atoms with Crippen molar-refractivity contribution in [1.29, 1.82) is 0 Å². The van der Waals surface area contributed by atoms with Crippen LogP contribution in [0.2, 0.25) is 0 Å². The Bertz CT molecular complexity index is 1630. The van der Waals surface area contributed by atoms with Crippen LogP contribution in [-0.2, 0) is 20.9 Å². The molecule has 1 fully saturated rings. The summed E-state index contributed by atoms with van der Waals surface area (Å²) in [5.74, 6) is -0.694. The SMILES string of the molecule is CSc1ccc2[nH]cc(C3=C(c4c(I)n(CCCN5CCOCC5)c5ccc(SC)cc45)C(=O)NC3=O)c2c1. The van der Waals surface area contributed by atoms with Gasteiger partial charge in [0.2, 0.25) is 0 Å². The lowest BCUT2D eigenvalue weighted by Crippen LogP contribution is -2.37. The van der Waals surface area contributed by atoms with Crippen molar-refractivity contribution in [3.63, 3.8) is 0 Å². The maximum absolute atomic E-state index is 13.5. The number of aryl methyl sites for hydroxylation is 1. The van der Waals surface area contributed by atoms with Gasteiger partial charge in [0.05, 0.1) is 28.1 Å². The predicted octanol–water partition coefficient (Wildman–Crippen LogP) is 5.46. The molecule has 39 heavy (non-hydrogen) atoms. The molecule has 2 aromatic heterocycles. The van der Waals surface area contributed by atoms with Crippen LogP contribution in [0.4, 0.5) is 0 Å². The van der Waals surface area contributed by atoms with Gasteiger partial charge in [0, 0.05) is 75.1 Å². The van der Waals surface area contributed by atoms with E-state index in [9.17, 15) is 9.59 Å². The molecule has 2 N–H and O–H groups in total. The molecule has 0 saturated carbocycles. The number of nitrogens with one attached hydrogen (secondary N) is 2. The van der Waals surface area contributed by atoms with Crippen molar-refractivity contribution in [3.8, 4) is 0 Å². The number of halogens is 1. The highest BCUT2D eigenvalue weighted by atomic mass is 127. The van der Waals surface area contributed by atoms with Gasteiger partial charge in [-0.1, -0.05) is 0 Å². The van der Waals surface area contributed by atoms with Crippen molar-refractivity contribution < 1.29 is 14.3 Å². The number of imide groups is 1. The van der Waals surface area contributed by atoms with Gasteiger partial charge < -0.3 is 14.3 Å². The van der Waals surface area contributed by atoms with Crippen molar-refractivity contribution in [2.75, 3.05) is 45.4 Å². The summed E-state index contributed by atoms with van der Waals surface area (Å²) in [5, 5.41) is 4.54. The number of rotatable bonds is 8. The maximum atomic E-state index is 13.5. The molecule has 0 bridgehead atoms. The number of aromatic amines is 1. The highest BCUT2D eigenvalue weighted by Crippen LogP contribution is 2.42. The Hall–Kier alpha value is -2.25. The van der Waals surface area contributed by atoms with E-state index in [1.807, 2.05) is 18.5 Å². The molecule has 0 unspecified atom stereocenters. The number of hydrogen-bond acceptors (Lipinski definition) is 6. The summed E-state index contributed by atoms with van der Waals surface area (Å²) in [6, 6.07) is 12.6. The van der Waals surface area contributed by atoms with E-state index in [-0.39, 0.29) is 11.8 Å². The zero-order chi connectivity index (χ0) is 27.1. The van der Waals surface area contributed by atoms with Gasteiger partial charge in [-0.05, 0) is 77.9 Å². The molecule has 4 heterocycles. The van der Waals surface area contributed by atoms with E-state index in [0.29, 0.717) is 11.1 Å². The topological polar surface area (TPSA) is 79.4 Å². The number of carbonyl (C=O) groups excluding carboxylic acids is 2. The monoisotopic (exact) mass is 672 g/mol. The van der Waals surface area contributed by atoms with Gasteiger partial charge in [0.25, 0.3) is 11.8 Å². The van der Waals surface area contributed by atoms with Crippen LogP contribution in [-0.4, -0.2) is 71.6 Å². The summed E-state index contributed by atoms with van der Waals surface area (Å²) in [4.78, 5) is 34.8. The Labute approximate surface area is 249 Å². The maximum Gasteiger partial charge on any atom is 0.259 e. The second-order valence-corrected chi connectivity index (χ2v) is 12.4. The molecule has 0 aliphatic carbocycles. The third kappa shape index (κ3) is 4.94. The van der Waals surface area contributed by atoms with E-state index >= 15 is 0 Å². The highest BCUT2D eigenvalue weighted by molar-refractivity contribution is 14.1. The molecule has 0 spiro atoms. The first kappa shape index (κ1) is 26.9. The summed E-state index contributed by atoms with van der Waals surface area (Å²) < 4.78 is 8.78. The Kier molecular flexibility index (Phi) is 7.82. The van der Waals surface area contributed by atoms with E-state index in [1.165, 1.54) is 0 Å². The zero-order valence-electron chi connectivity index (χ0n) is 21.8. The lowest BCUT2D eigenvalue weighted by Gasteiger charge is -2.26. The van der Waals surface area contributed by atoms with Crippen LogP contribution in [0.5, 0.6) is 0 Å². The van der Waals surface area contributed by atoms with Crippen LogP contribution in [0, 0.1) is 3.70 Å². The first-order valence-electron chi connectivity index (χ1n) is 12.9. The van der Waals surface area contributed by atoms with Crippen molar-refractivity contribution >= 4 is 90.9 Å². The molecule has 0 radical (unpaired) electrons. The summed E-state index contributed by atoms with van der Waals surface area (Å²) in [6.45, 7) is 5.33. The number of morpholine rings is 1. The standard InChI is InChI=1S/C29H29IN4O3S2/c1-38-17-4-6-22-19(14-17)21(16-31-22)25-26(29(36)32-28(25)35)24-20-15-18(39-2)5-7-23(20)34(27(24)30)9-3-8-33-10-12-37-13-11-33/h4-7,14-16,31H,3,8-13H2,1-2H3,(H,32,35,36). The Morgan fingerprint density at radius 3 is 2.36 bits per heavy atom. The average molecular weight is 673 g/mol. The summed E-state index contributed by atoms with van der Waals surface area (Å²) >= 11 is 5.69. The quantitative estimate of drug-likeness (QED) is 0.147. The molecule has 2 aliphatic heterocycles. The number of nitrogens with zero attached hydrogens (tertiary/aromatic N) is 2. The van der Waals surface area contributed by atoms with Crippen LogP contribution in [0.25, 0.3) is 33.0 Å². The fourth-order valence-electron chi connectivity index (χ4n) is 5.55. The third-order valence-electron chi connectivity index (χ3n) is 7.51. The number of H-pyrrole nitrogens is 1. The number of hydrogen-bond donors (Lipinski definition) is 2. The van der Waals surface area contributed by atoms with Crippen LogP contribution in [0.1, 0.15) is 17.5 Å². The molecule has 0 atom stereocenters. The minimum atomic E-state index is -0.351. The minimum absolute atomic E-state index is 0.342. The molecule has 7 nitrogen and oxygen atoms in total. The van der Waals surface area contributed by atoms with Crippen LogP contribution in [0.15, 0.2) is 52.4 Å². The molecule has 202 valence electrons. The summed E-state index contributed by atoms with van der Waals surface area (Å²) in [6.07, 6.45) is 6.92. The molecular formula is C29H29IN4O3S2. The fourth-order valence-corrected chi connectivity index (χ4v) is 7.49. The second-order valence-electron chi connectivity index (χ2n) is 9.66. The van der Waals surface area contributed by atoms with E-state index in [2.05, 4.69) is 78.9 Å². The molecular weight excluding hydrogens is 643 g/mol. The average Bonchev–Trinajstić information content (AvgIpc) is 3.58. The van der Waals surface area contributed by atoms with Crippen molar-refractivity contribution in [3.05, 3.63) is 57.4 Å². The molecule has 2 aromatic carbocycles. The fraction of sp³-hybridized carbons (Fsp3) is 0.310. The largest absolute Gasteiger partial charge is 0.379 e. The Morgan fingerprint density at radius 1 is 0.923 bits per heavy atom. The number of ether oxygens (including phenoxy) is 1. The first-order chi connectivity index (χ1) is 19.0. The van der Waals surface area contributed by atoms with Crippen LogP contribution in [0.3, 0.4) is 0 Å². The number of benzene rings is 2. The highest BCUT2D eigenvalue weighted by Gasteiger charge is 2.36. The predicted molar refractivity (Wildman–Crippen MR) is 168 cm³/mol. The normalized spacial score (nSPS) is 16.7. The summed E-state index contributed by atoms with van der Waals surface area (Å²) in [7, 11) is 0. The van der Waals surface area contributed by atoms with E-state index in [1.54, 1.807) is 23.5 Å². The lowest BCUT2D eigenvalue weighted by atomic mass is 9.95. The lowest BCUT2D eigenvalue weighted by molar-refractivity contribution is -0.122. The van der Waals surface area contributed by atoms with Crippen LogP contribution >= 0.6 is 46.1 Å². The molecule has 2 amide bonds. The second kappa shape index (κ2) is 11.3. The third-order valence-corrected chi connectivity index (χ3v) is 10.1. The first-order valence-corrected chi connectivity index (χ1v) is 16.4. The molecule has 1 saturated heterocycles. The molecule has 4 aromatic rings. The summed E-state index contributed by atoms with van der Waals surface area (Å²) in [5.41, 5.74) is 4.49. The number of thioether (sulfide) groups is 2. The zero-order valence-corrected chi connectivity index (χ0v) is 25.6. The van der Waals surface area contributed by atoms with Gasteiger partial charge >= 0.3 is 0 Å².